The van der Waals surface area contributed by atoms with Gasteiger partial charge in [-0.1, -0.05) is 6.92 Å². The van der Waals surface area contributed by atoms with Crippen LogP contribution < -0.4 is 10.6 Å². The van der Waals surface area contributed by atoms with E-state index < -0.39 is 17.7 Å². The molecule has 2 N–H and O–H groups in total. The number of esters is 1. The number of hydrogen-bond donors (Lipinski definition) is 2. The zero-order valence-corrected chi connectivity index (χ0v) is 15.5. The predicted molar refractivity (Wildman–Crippen MR) is 94.3 cm³/mol. The summed E-state index contributed by atoms with van der Waals surface area (Å²) in [6, 6.07) is 0. The number of thiazole rings is 1. The number of halogens is 3. The van der Waals surface area contributed by atoms with Gasteiger partial charge in [0.25, 0.3) is 0 Å². The molecule has 3 rings (SSSR count). The number of carbonyl (C=O) groups is 1. The van der Waals surface area contributed by atoms with Gasteiger partial charge in [-0.05, 0) is 13.3 Å². The van der Waals surface area contributed by atoms with Gasteiger partial charge >= 0.3 is 12.1 Å². The summed E-state index contributed by atoms with van der Waals surface area (Å²) in [4.78, 5) is 24.0. The number of cyclic esters (lactones) is 1. The Labute approximate surface area is 157 Å². The molecule has 1 unspecified atom stereocenters. The van der Waals surface area contributed by atoms with E-state index in [0.717, 1.165) is 6.20 Å². The fourth-order valence-corrected chi connectivity index (χ4v) is 3.80. The van der Waals surface area contributed by atoms with Crippen LogP contribution in [0.2, 0.25) is 0 Å². The van der Waals surface area contributed by atoms with Crippen LogP contribution in [0.5, 0.6) is 0 Å². The molecule has 11 heteroatoms. The second kappa shape index (κ2) is 7.67. The molecule has 0 aromatic carbocycles. The van der Waals surface area contributed by atoms with E-state index in [1.54, 1.807) is 6.92 Å². The minimum absolute atomic E-state index is 0.0258. The van der Waals surface area contributed by atoms with E-state index in [9.17, 15) is 18.0 Å². The normalized spacial score (nSPS) is 17.1. The molecule has 2 aromatic heterocycles. The van der Waals surface area contributed by atoms with Gasteiger partial charge in [-0.2, -0.15) is 18.2 Å². The van der Waals surface area contributed by atoms with Gasteiger partial charge < -0.3 is 15.4 Å². The van der Waals surface area contributed by atoms with Crippen molar-refractivity contribution in [3.63, 3.8) is 0 Å². The van der Waals surface area contributed by atoms with Crippen LogP contribution in [0.4, 0.5) is 29.9 Å². The Morgan fingerprint density at radius 3 is 2.70 bits per heavy atom. The fourth-order valence-electron chi connectivity index (χ4n) is 2.63. The van der Waals surface area contributed by atoms with E-state index in [1.807, 2.05) is 6.92 Å². The van der Waals surface area contributed by atoms with Gasteiger partial charge in [0, 0.05) is 19.2 Å². The maximum atomic E-state index is 13.1. The quantitative estimate of drug-likeness (QED) is 0.713. The molecule has 1 saturated heterocycles. The van der Waals surface area contributed by atoms with Crippen LogP contribution >= 0.6 is 11.3 Å². The number of anilines is 3. The number of rotatable bonds is 6. The topological polar surface area (TPSA) is 89.0 Å². The van der Waals surface area contributed by atoms with Gasteiger partial charge in [0.2, 0.25) is 5.95 Å². The van der Waals surface area contributed by atoms with E-state index in [-0.39, 0.29) is 24.3 Å². The molecule has 0 saturated carbocycles. The summed E-state index contributed by atoms with van der Waals surface area (Å²) in [6.45, 7) is 4.23. The molecule has 0 bridgehead atoms. The van der Waals surface area contributed by atoms with Gasteiger partial charge in [-0.15, -0.1) is 11.3 Å². The molecular formula is C16H18F3N5O2S. The first-order valence-corrected chi connectivity index (χ1v) is 9.26. The summed E-state index contributed by atoms with van der Waals surface area (Å²) in [7, 11) is 0. The lowest BCUT2D eigenvalue weighted by molar-refractivity contribution is -0.139. The van der Waals surface area contributed by atoms with Gasteiger partial charge in [0.05, 0.1) is 12.3 Å². The summed E-state index contributed by atoms with van der Waals surface area (Å²) in [6.07, 6.45) is -2.65. The molecule has 0 radical (unpaired) electrons. The van der Waals surface area contributed by atoms with Crippen LogP contribution in [0.25, 0.3) is 0 Å². The number of hydrogen-bond acceptors (Lipinski definition) is 8. The minimum Gasteiger partial charge on any atom is -0.465 e. The Bertz CT molecular complexity index is 840. The highest BCUT2D eigenvalue weighted by atomic mass is 32.1. The third kappa shape index (κ3) is 4.12. The molecule has 27 heavy (non-hydrogen) atoms. The Morgan fingerprint density at radius 1 is 1.33 bits per heavy atom. The van der Waals surface area contributed by atoms with Crippen LogP contribution in [0, 0.1) is 0 Å². The van der Waals surface area contributed by atoms with Gasteiger partial charge in [0.1, 0.15) is 27.3 Å². The molecule has 0 spiro atoms. The highest BCUT2D eigenvalue weighted by molar-refractivity contribution is 7.16. The Hall–Kier alpha value is -2.43. The number of aromatic nitrogens is 3. The van der Waals surface area contributed by atoms with Crippen molar-refractivity contribution in [1.29, 1.82) is 0 Å². The average molecular weight is 401 g/mol. The molecule has 7 nitrogen and oxygen atoms in total. The van der Waals surface area contributed by atoms with Crippen molar-refractivity contribution < 1.29 is 22.7 Å². The van der Waals surface area contributed by atoms with Crippen molar-refractivity contribution in [2.75, 3.05) is 23.8 Å². The number of nitrogens with zero attached hydrogens (tertiary/aromatic N) is 3. The maximum absolute atomic E-state index is 13.1. The zero-order valence-electron chi connectivity index (χ0n) is 14.7. The number of alkyl halides is 3. The Kier molecular flexibility index (Phi) is 5.49. The van der Waals surface area contributed by atoms with Crippen LogP contribution in [0.1, 0.15) is 42.5 Å². The average Bonchev–Trinajstić information content (AvgIpc) is 3.20. The largest absolute Gasteiger partial charge is 0.465 e. The van der Waals surface area contributed by atoms with Crippen molar-refractivity contribution in [3.8, 4) is 0 Å². The van der Waals surface area contributed by atoms with Crippen LogP contribution in [-0.4, -0.2) is 34.1 Å². The van der Waals surface area contributed by atoms with Crippen molar-refractivity contribution in [2.24, 2.45) is 0 Å². The highest BCUT2D eigenvalue weighted by Crippen LogP contribution is 2.37. The van der Waals surface area contributed by atoms with E-state index in [1.165, 1.54) is 11.3 Å². The molecule has 3 heterocycles. The lowest BCUT2D eigenvalue weighted by atomic mass is 10.1. The number of ether oxygens (including phenoxy) is 1. The second-order valence-electron chi connectivity index (χ2n) is 5.80. The van der Waals surface area contributed by atoms with Crippen LogP contribution in [0.3, 0.4) is 0 Å². The predicted octanol–water partition coefficient (Wildman–Crippen LogP) is 3.72. The van der Waals surface area contributed by atoms with Crippen molar-refractivity contribution in [1.82, 2.24) is 15.0 Å². The molecular weight excluding hydrogens is 383 g/mol. The first-order chi connectivity index (χ1) is 12.8. The van der Waals surface area contributed by atoms with E-state index in [0.29, 0.717) is 35.2 Å². The van der Waals surface area contributed by atoms with Gasteiger partial charge in [0.15, 0.2) is 0 Å². The standard InChI is InChI=1S/C16H18F3N5O2S/c1-3-10-13(27-12(22-10)8-5-6-26-14(8)25)24-15-21-7-9(16(17,18)19)11(23-15)20-4-2/h7-8H,3-6H2,1-2H3,(H2,20,21,23,24). The third-order valence-electron chi connectivity index (χ3n) is 3.95. The SMILES string of the molecule is CCNc1nc(Nc2sc(C3CCOC3=O)nc2CC)ncc1C(F)(F)F. The van der Waals surface area contributed by atoms with Crippen LogP contribution in [0.15, 0.2) is 6.20 Å². The van der Waals surface area contributed by atoms with Crippen LogP contribution in [-0.2, 0) is 22.1 Å². The maximum Gasteiger partial charge on any atom is 0.421 e. The van der Waals surface area contributed by atoms with Crippen molar-refractivity contribution in [3.05, 3.63) is 22.5 Å². The van der Waals surface area contributed by atoms with E-state index >= 15 is 0 Å². The summed E-state index contributed by atoms with van der Waals surface area (Å²) in [5.41, 5.74) is -0.229. The van der Waals surface area contributed by atoms with Crippen molar-refractivity contribution in [2.45, 2.75) is 38.8 Å². The molecule has 1 atom stereocenters. The van der Waals surface area contributed by atoms with Gasteiger partial charge in [-0.25, -0.2) is 9.97 Å². The van der Waals surface area contributed by atoms with E-state index in [4.69, 9.17) is 4.74 Å². The third-order valence-corrected chi connectivity index (χ3v) is 5.07. The van der Waals surface area contributed by atoms with Gasteiger partial charge in [-0.3, -0.25) is 4.79 Å². The molecule has 1 fully saturated rings. The first kappa shape index (κ1) is 19.3. The van der Waals surface area contributed by atoms with Crippen molar-refractivity contribution >= 4 is 34.1 Å². The molecule has 1 aliphatic heterocycles. The molecule has 0 amide bonds. The highest BCUT2D eigenvalue weighted by Gasteiger charge is 2.35. The van der Waals surface area contributed by atoms with E-state index in [2.05, 4.69) is 25.6 Å². The Balaban J connectivity index is 1.89. The lowest BCUT2D eigenvalue weighted by Gasteiger charge is -2.13. The monoisotopic (exact) mass is 401 g/mol. The first-order valence-electron chi connectivity index (χ1n) is 8.44. The molecule has 146 valence electrons. The Morgan fingerprint density at radius 2 is 2.11 bits per heavy atom. The summed E-state index contributed by atoms with van der Waals surface area (Å²) < 4.78 is 44.2. The summed E-state index contributed by atoms with van der Waals surface area (Å²) >= 11 is 1.26. The smallest absolute Gasteiger partial charge is 0.421 e. The number of carbonyl (C=O) groups excluding carboxylic acids is 1. The summed E-state index contributed by atoms with van der Waals surface area (Å²) in [5, 5.41) is 6.77. The number of aryl methyl sites for hydroxylation is 1. The minimum atomic E-state index is -4.55. The lowest BCUT2D eigenvalue weighted by Crippen LogP contribution is -2.14. The molecule has 0 aliphatic carbocycles. The fraction of sp³-hybridized carbons (Fsp3) is 0.500. The zero-order chi connectivity index (χ0) is 19.6. The molecule has 1 aliphatic rings. The molecule has 2 aromatic rings. The summed E-state index contributed by atoms with van der Waals surface area (Å²) in [5.74, 6) is -0.970. The number of nitrogens with one attached hydrogen (secondary N) is 2. The second-order valence-corrected chi connectivity index (χ2v) is 6.83.